The molecule has 0 saturated carbocycles. The van der Waals surface area contributed by atoms with Gasteiger partial charge in [0.15, 0.2) is 0 Å². The highest BCUT2D eigenvalue weighted by Crippen LogP contribution is 2.33. The van der Waals surface area contributed by atoms with E-state index in [9.17, 15) is 14.9 Å². The Morgan fingerprint density at radius 1 is 0.812 bits per heavy atom. The maximum atomic E-state index is 12.9. The Labute approximate surface area is 185 Å². The molecule has 1 amide bonds. The number of nitro groups is 1. The molecule has 0 unspecified atom stereocenters. The minimum Gasteiger partial charge on any atom is -0.375 e. The van der Waals surface area contributed by atoms with E-state index in [1.165, 1.54) is 6.07 Å². The molecule has 0 fully saturated rings. The molecule has 4 aromatic carbocycles. The molecule has 0 radical (unpaired) electrons. The quantitative estimate of drug-likeness (QED) is 0.277. The number of para-hydroxylation sites is 1. The van der Waals surface area contributed by atoms with E-state index in [1.54, 1.807) is 24.3 Å². The van der Waals surface area contributed by atoms with Crippen molar-refractivity contribution in [1.29, 1.82) is 0 Å². The molecule has 4 rings (SSSR count). The number of nitrogens with one attached hydrogen (secondary N) is 2. The third-order valence-electron chi connectivity index (χ3n) is 5.03. The first-order chi connectivity index (χ1) is 15.6. The van der Waals surface area contributed by atoms with Gasteiger partial charge < -0.3 is 10.6 Å². The maximum Gasteiger partial charge on any atom is 0.292 e. The Morgan fingerprint density at radius 3 is 2.19 bits per heavy atom. The van der Waals surface area contributed by atoms with Gasteiger partial charge in [0.25, 0.3) is 11.6 Å². The molecule has 0 bridgehead atoms. The highest BCUT2D eigenvalue weighted by atomic mass is 16.6. The van der Waals surface area contributed by atoms with Gasteiger partial charge in [-0.2, -0.15) is 0 Å². The van der Waals surface area contributed by atoms with Crippen molar-refractivity contribution in [2.45, 2.75) is 6.54 Å². The van der Waals surface area contributed by atoms with Crippen LogP contribution < -0.4 is 10.6 Å². The summed E-state index contributed by atoms with van der Waals surface area (Å²) >= 11 is 0. The summed E-state index contributed by atoms with van der Waals surface area (Å²) in [6.45, 7) is 0.446. The fourth-order valence-electron chi connectivity index (χ4n) is 3.45. The number of anilines is 2. The van der Waals surface area contributed by atoms with Crippen LogP contribution in [0.3, 0.4) is 0 Å². The fourth-order valence-corrected chi connectivity index (χ4v) is 3.45. The molecule has 0 saturated heterocycles. The largest absolute Gasteiger partial charge is 0.375 e. The van der Waals surface area contributed by atoms with Crippen molar-refractivity contribution in [3.05, 3.63) is 124 Å². The predicted molar refractivity (Wildman–Crippen MR) is 127 cm³/mol. The lowest BCUT2D eigenvalue weighted by atomic mass is 9.98. The number of amides is 1. The van der Waals surface area contributed by atoms with Gasteiger partial charge in [-0.15, -0.1) is 0 Å². The van der Waals surface area contributed by atoms with E-state index in [1.807, 2.05) is 72.8 Å². The number of carbonyl (C=O) groups is 1. The standard InChI is InChI=1S/C26H21N3O3/c30-26(28-21-11-5-2-6-12-21)23-14-8-7-13-22(23)20-15-16-25(29(31)32)24(17-20)27-18-19-9-3-1-4-10-19/h1-17,27H,18H2,(H,28,30). The molecule has 0 aromatic heterocycles. The van der Waals surface area contributed by atoms with Crippen molar-refractivity contribution in [2.24, 2.45) is 0 Å². The van der Waals surface area contributed by atoms with Crippen molar-refractivity contribution < 1.29 is 9.72 Å². The summed E-state index contributed by atoms with van der Waals surface area (Å²) in [5, 5.41) is 17.6. The average Bonchev–Trinajstić information content (AvgIpc) is 2.83. The first-order valence-corrected chi connectivity index (χ1v) is 10.1. The zero-order valence-corrected chi connectivity index (χ0v) is 17.2. The molecular formula is C26H21N3O3. The monoisotopic (exact) mass is 423 g/mol. The van der Waals surface area contributed by atoms with E-state index in [0.29, 0.717) is 34.6 Å². The zero-order chi connectivity index (χ0) is 22.3. The van der Waals surface area contributed by atoms with E-state index >= 15 is 0 Å². The second kappa shape index (κ2) is 9.57. The van der Waals surface area contributed by atoms with Crippen LogP contribution >= 0.6 is 0 Å². The summed E-state index contributed by atoms with van der Waals surface area (Å²) in [6, 6.07) is 30.9. The lowest BCUT2D eigenvalue weighted by molar-refractivity contribution is -0.384. The van der Waals surface area contributed by atoms with Crippen LogP contribution in [-0.2, 0) is 6.54 Å². The first kappa shape index (κ1) is 20.8. The maximum absolute atomic E-state index is 12.9. The average molecular weight is 423 g/mol. The zero-order valence-electron chi connectivity index (χ0n) is 17.2. The Bertz CT molecular complexity index is 1240. The minimum atomic E-state index is -0.412. The molecule has 158 valence electrons. The third kappa shape index (κ3) is 4.82. The van der Waals surface area contributed by atoms with Gasteiger partial charge in [0.1, 0.15) is 5.69 Å². The van der Waals surface area contributed by atoms with Gasteiger partial charge in [-0.25, -0.2) is 0 Å². The Balaban J connectivity index is 1.66. The Morgan fingerprint density at radius 2 is 1.47 bits per heavy atom. The van der Waals surface area contributed by atoms with E-state index in [0.717, 1.165) is 5.56 Å². The number of hydrogen-bond donors (Lipinski definition) is 2. The summed E-state index contributed by atoms with van der Waals surface area (Å²) in [7, 11) is 0. The molecule has 0 heterocycles. The highest BCUT2D eigenvalue weighted by molar-refractivity contribution is 6.08. The molecule has 0 aliphatic carbocycles. The van der Waals surface area contributed by atoms with E-state index in [4.69, 9.17) is 0 Å². The number of hydrogen-bond acceptors (Lipinski definition) is 4. The van der Waals surface area contributed by atoms with Crippen molar-refractivity contribution >= 4 is 23.0 Å². The van der Waals surface area contributed by atoms with Crippen LogP contribution in [0.5, 0.6) is 0 Å². The number of benzene rings is 4. The smallest absolute Gasteiger partial charge is 0.292 e. The van der Waals surface area contributed by atoms with Gasteiger partial charge >= 0.3 is 0 Å². The SMILES string of the molecule is O=C(Nc1ccccc1)c1ccccc1-c1ccc([N+](=O)[O-])c(NCc2ccccc2)c1. The van der Waals surface area contributed by atoms with Gasteiger partial charge in [-0.05, 0) is 47.0 Å². The van der Waals surface area contributed by atoms with Gasteiger partial charge in [0.05, 0.1) is 4.92 Å². The number of nitrogens with zero attached hydrogens (tertiary/aromatic N) is 1. The predicted octanol–water partition coefficient (Wildman–Crippen LogP) is 6.13. The summed E-state index contributed by atoms with van der Waals surface area (Å²) in [5.41, 5.74) is 3.98. The summed E-state index contributed by atoms with van der Waals surface area (Å²) in [6.07, 6.45) is 0. The van der Waals surface area contributed by atoms with E-state index in [-0.39, 0.29) is 11.6 Å². The number of nitro benzene ring substituents is 1. The van der Waals surface area contributed by atoms with Crippen molar-refractivity contribution in [2.75, 3.05) is 10.6 Å². The van der Waals surface area contributed by atoms with Crippen molar-refractivity contribution in [3.63, 3.8) is 0 Å². The molecule has 0 aliphatic rings. The van der Waals surface area contributed by atoms with Gasteiger partial charge in [0, 0.05) is 23.9 Å². The van der Waals surface area contributed by atoms with Crippen LogP contribution in [0.25, 0.3) is 11.1 Å². The lowest BCUT2D eigenvalue weighted by Crippen LogP contribution is -2.13. The third-order valence-corrected chi connectivity index (χ3v) is 5.03. The van der Waals surface area contributed by atoms with Crippen LogP contribution in [0.15, 0.2) is 103 Å². The molecule has 6 nitrogen and oxygen atoms in total. The van der Waals surface area contributed by atoms with Gasteiger partial charge in [-0.3, -0.25) is 14.9 Å². The molecule has 4 aromatic rings. The number of carbonyl (C=O) groups excluding carboxylic acids is 1. The highest BCUT2D eigenvalue weighted by Gasteiger charge is 2.18. The summed E-state index contributed by atoms with van der Waals surface area (Å²) < 4.78 is 0. The van der Waals surface area contributed by atoms with Gasteiger partial charge in [-0.1, -0.05) is 66.7 Å². The summed E-state index contributed by atoms with van der Waals surface area (Å²) in [5.74, 6) is -0.246. The van der Waals surface area contributed by atoms with Crippen LogP contribution in [0.2, 0.25) is 0 Å². The van der Waals surface area contributed by atoms with E-state index in [2.05, 4.69) is 10.6 Å². The van der Waals surface area contributed by atoms with Gasteiger partial charge in [0.2, 0.25) is 0 Å². The topological polar surface area (TPSA) is 84.3 Å². The fraction of sp³-hybridized carbons (Fsp3) is 0.0385. The molecule has 0 spiro atoms. The van der Waals surface area contributed by atoms with Crippen LogP contribution in [0.4, 0.5) is 17.1 Å². The Kier molecular flexibility index (Phi) is 6.22. The molecule has 0 atom stereocenters. The Hall–Kier alpha value is -4.45. The van der Waals surface area contributed by atoms with Crippen LogP contribution in [0, 0.1) is 10.1 Å². The molecular weight excluding hydrogens is 402 g/mol. The normalized spacial score (nSPS) is 10.4. The molecule has 32 heavy (non-hydrogen) atoms. The second-order valence-electron chi connectivity index (χ2n) is 7.19. The van der Waals surface area contributed by atoms with Crippen LogP contribution in [-0.4, -0.2) is 10.8 Å². The first-order valence-electron chi connectivity index (χ1n) is 10.1. The molecule has 0 aliphatic heterocycles. The van der Waals surface area contributed by atoms with Crippen molar-refractivity contribution in [3.8, 4) is 11.1 Å². The van der Waals surface area contributed by atoms with Crippen LogP contribution in [0.1, 0.15) is 15.9 Å². The lowest BCUT2D eigenvalue weighted by Gasteiger charge is -2.13. The summed E-state index contributed by atoms with van der Waals surface area (Å²) in [4.78, 5) is 24.1. The second-order valence-corrected chi connectivity index (χ2v) is 7.19. The molecule has 2 N–H and O–H groups in total. The van der Waals surface area contributed by atoms with Crippen molar-refractivity contribution in [1.82, 2.24) is 0 Å². The van der Waals surface area contributed by atoms with E-state index < -0.39 is 4.92 Å². The minimum absolute atomic E-state index is 0.0177. The number of rotatable bonds is 7. The molecule has 6 heteroatoms.